The van der Waals surface area contributed by atoms with E-state index in [1.54, 1.807) is 23.5 Å². The van der Waals surface area contributed by atoms with E-state index in [9.17, 15) is 4.39 Å². The van der Waals surface area contributed by atoms with Gasteiger partial charge < -0.3 is 10.1 Å². The second-order valence-electron chi connectivity index (χ2n) is 6.92. The van der Waals surface area contributed by atoms with Gasteiger partial charge in [0.1, 0.15) is 23.9 Å². The Morgan fingerprint density at radius 2 is 1.90 bits per heavy atom. The van der Waals surface area contributed by atoms with Gasteiger partial charge in [-0.15, -0.1) is 11.3 Å². The number of hydrogen-bond donors (Lipinski definition) is 1. The van der Waals surface area contributed by atoms with Crippen LogP contribution in [0, 0.1) is 5.82 Å². The quantitative estimate of drug-likeness (QED) is 0.510. The third-order valence-corrected chi connectivity index (χ3v) is 6.25. The highest BCUT2D eigenvalue weighted by Gasteiger charge is 2.41. The van der Waals surface area contributed by atoms with Gasteiger partial charge in [-0.25, -0.2) is 9.07 Å². The van der Waals surface area contributed by atoms with Gasteiger partial charge in [0, 0.05) is 21.6 Å². The third kappa shape index (κ3) is 2.44. The molecular weight excluding hydrogens is 387 g/mol. The summed E-state index contributed by atoms with van der Waals surface area (Å²) >= 11 is 1.64. The largest absolute Gasteiger partial charge is 0.480 e. The van der Waals surface area contributed by atoms with E-state index in [-0.39, 0.29) is 11.9 Å². The minimum Gasteiger partial charge on any atom is -0.480 e. The van der Waals surface area contributed by atoms with Crippen LogP contribution in [0.25, 0.3) is 5.70 Å². The number of anilines is 1. The lowest BCUT2D eigenvalue weighted by Gasteiger charge is -2.38. The zero-order valence-electron chi connectivity index (χ0n) is 15.1. The predicted octanol–water partition coefficient (Wildman–Crippen LogP) is 5.04. The number of benzene rings is 2. The van der Waals surface area contributed by atoms with Crippen LogP contribution in [0.4, 0.5) is 10.3 Å². The van der Waals surface area contributed by atoms with Gasteiger partial charge >= 0.3 is 0 Å². The van der Waals surface area contributed by atoms with Gasteiger partial charge in [-0.3, -0.25) is 0 Å². The van der Waals surface area contributed by atoms with Crippen molar-refractivity contribution in [3.05, 3.63) is 99.8 Å². The molecule has 0 radical (unpaired) electrons. The average molecular weight is 402 g/mol. The van der Waals surface area contributed by atoms with Crippen molar-refractivity contribution < 1.29 is 9.13 Å². The van der Waals surface area contributed by atoms with Crippen LogP contribution < -0.4 is 10.1 Å². The first-order valence-electron chi connectivity index (χ1n) is 9.26. The maximum absolute atomic E-state index is 14.9. The number of thiophene rings is 1. The number of ether oxygens (including phenoxy) is 1. The van der Waals surface area contributed by atoms with Crippen LogP contribution in [-0.4, -0.2) is 14.8 Å². The van der Waals surface area contributed by atoms with Gasteiger partial charge in [-0.1, -0.05) is 36.4 Å². The second-order valence-corrected chi connectivity index (χ2v) is 7.90. The maximum atomic E-state index is 14.9. The number of aromatic nitrogens is 3. The van der Waals surface area contributed by atoms with E-state index in [4.69, 9.17) is 4.74 Å². The number of fused-ring (bicyclic) bond motifs is 3. The molecule has 6 rings (SSSR count). The first-order valence-corrected chi connectivity index (χ1v) is 10.1. The summed E-state index contributed by atoms with van der Waals surface area (Å²) < 4.78 is 23.1. The van der Waals surface area contributed by atoms with Gasteiger partial charge in [0.25, 0.3) is 0 Å². The summed E-state index contributed by atoms with van der Waals surface area (Å²) in [4.78, 5) is 5.49. The number of hydrogen-bond acceptors (Lipinski definition) is 5. The molecule has 0 aliphatic carbocycles. The first kappa shape index (κ1) is 16.5. The Kier molecular flexibility index (Phi) is 3.57. The maximum Gasteiger partial charge on any atom is 0.226 e. The summed E-state index contributed by atoms with van der Waals surface area (Å²) in [5.74, 6) is 1.08. The monoisotopic (exact) mass is 402 g/mol. The lowest BCUT2D eigenvalue weighted by Crippen LogP contribution is -2.32. The summed E-state index contributed by atoms with van der Waals surface area (Å²) in [5, 5.41) is 9.91. The number of nitrogens with zero attached hydrogens (tertiary/aromatic N) is 3. The number of rotatable bonds is 2. The SMILES string of the molecule is Fc1ccccc1C1Oc2ccccc2C2=C1C(c1cccs1)n1ncnc1N2. The topological polar surface area (TPSA) is 52.0 Å². The van der Waals surface area contributed by atoms with E-state index in [1.165, 1.54) is 12.4 Å². The van der Waals surface area contributed by atoms with E-state index in [0.717, 1.165) is 21.7 Å². The van der Waals surface area contributed by atoms with Crippen molar-refractivity contribution in [1.29, 1.82) is 0 Å². The molecule has 0 bridgehead atoms. The molecule has 0 amide bonds. The van der Waals surface area contributed by atoms with Crippen LogP contribution in [0.15, 0.2) is 77.9 Å². The molecule has 29 heavy (non-hydrogen) atoms. The molecular formula is C22H15FN4OS. The molecule has 4 heterocycles. The fourth-order valence-electron chi connectivity index (χ4n) is 4.08. The molecule has 2 aromatic carbocycles. The lowest BCUT2D eigenvalue weighted by atomic mass is 9.87. The molecule has 0 saturated carbocycles. The molecule has 0 spiro atoms. The van der Waals surface area contributed by atoms with E-state index in [1.807, 2.05) is 46.5 Å². The van der Waals surface area contributed by atoms with E-state index in [0.29, 0.717) is 17.3 Å². The summed E-state index contributed by atoms with van der Waals surface area (Å²) in [6.45, 7) is 0. The highest BCUT2D eigenvalue weighted by atomic mass is 32.1. The van der Waals surface area contributed by atoms with Gasteiger partial charge in [-0.2, -0.15) is 10.1 Å². The van der Waals surface area contributed by atoms with Crippen molar-refractivity contribution >= 4 is 23.0 Å². The van der Waals surface area contributed by atoms with Gasteiger partial charge in [0.2, 0.25) is 5.95 Å². The van der Waals surface area contributed by atoms with Crippen LogP contribution in [0.3, 0.4) is 0 Å². The molecule has 2 unspecified atom stereocenters. The third-order valence-electron chi connectivity index (χ3n) is 5.32. The molecule has 142 valence electrons. The van der Waals surface area contributed by atoms with Crippen molar-refractivity contribution in [2.24, 2.45) is 0 Å². The predicted molar refractivity (Wildman–Crippen MR) is 109 cm³/mol. The Hall–Kier alpha value is -3.45. The van der Waals surface area contributed by atoms with Crippen LogP contribution in [0.1, 0.15) is 28.1 Å². The molecule has 2 aromatic heterocycles. The normalized spacial score (nSPS) is 19.6. The minimum atomic E-state index is -0.585. The molecule has 2 atom stereocenters. The zero-order valence-corrected chi connectivity index (χ0v) is 15.9. The van der Waals surface area contributed by atoms with E-state index in [2.05, 4.69) is 21.5 Å². The Balaban J connectivity index is 1.66. The fourth-order valence-corrected chi connectivity index (χ4v) is 4.91. The smallest absolute Gasteiger partial charge is 0.226 e. The van der Waals surface area contributed by atoms with Gasteiger partial charge in [0.15, 0.2) is 6.10 Å². The molecule has 4 aromatic rings. The van der Waals surface area contributed by atoms with Crippen molar-refractivity contribution in [1.82, 2.24) is 14.8 Å². The molecule has 2 aliphatic rings. The highest BCUT2D eigenvalue weighted by molar-refractivity contribution is 7.10. The summed E-state index contributed by atoms with van der Waals surface area (Å²) in [6, 6.07) is 18.4. The highest BCUT2D eigenvalue weighted by Crippen LogP contribution is 2.51. The van der Waals surface area contributed by atoms with Crippen molar-refractivity contribution in [2.75, 3.05) is 5.32 Å². The number of nitrogens with one attached hydrogen (secondary N) is 1. The lowest BCUT2D eigenvalue weighted by molar-refractivity contribution is 0.218. The zero-order chi connectivity index (χ0) is 19.4. The molecule has 0 fully saturated rings. The Morgan fingerprint density at radius 1 is 1.03 bits per heavy atom. The molecule has 0 saturated heterocycles. The molecule has 1 N–H and O–H groups in total. The minimum absolute atomic E-state index is 0.235. The summed E-state index contributed by atoms with van der Waals surface area (Å²) in [6.07, 6.45) is 0.949. The summed E-state index contributed by atoms with van der Waals surface area (Å²) in [7, 11) is 0. The van der Waals surface area contributed by atoms with Gasteiger partial charge in [-0.05, 0) is 29.6 Å². The Labute approximate surface area is 170 Å². The fraction of sp³-hybridized carbons (Fsp3) is 0.0909. The van der Waals surface area contributed by atoms with E-state index >= 15 is 0 Å². The molecule has 2 aliphatic heterocycles. The van der Waals surface area contributed by atoms with Crippen molar-refractivity contribution in [2.45, 2.75) is 12.1 Å². The molecule has 7 heteroatoms. The standard InChI is InChI=1S/C22H15FN4OS/c23-15-8-3-1-6-13(15)21-18-19(14-7-2-4-9-16(14)28-21)26-22-24-12-25-27(22)20(18)17-10-5-11-29-17/h1-12,20-21H,(H,24,25,26). The first-order chi connectivity index (χ1) is 14.3. The van der Waals surface area contributed by atoms with Crippen molar-refractivity contribution in [3.63, 3.8) is 0 Å². The number of para-hydroxylation sites is 1. The van der Waals surface area contributed by atoms with E-state index < -0.39 is 6.10 Å². The van der Waals surface area contributed by atoms with Crippen LogP contribution in [0.2, 0.25) is 0 Å². The average Bonchev–Trinajstić information content (AvgIpc) is 3.44. The second kappa shape index (κ2) is 6.28. The Bertz CT molecular complexity index is 1250. The summed E-state index contributed by atoms with van der Waals surface area (Å²) in [5.41, 5.74) is 3.26. The van der Waals surface area contributed by atoms with Crippen molar-refractivity contribution in [3.8, 4) is 5.75 Å². The van der Waals surface area contributed by atoms with Crippen LogP contribution >= 0.6 is 11.3 Å². The molecule has 5 nitrogen and oxygen atoms in total. The van der Waals surface area contributed by atoms with Crippen LogP contribution in [0.5, 0.6) is 5.75 Å². The van der Waals surface area contributed by atoms with Crippen LogP contribution in [-0.2, 0) is 0 Å². The van der Waals surface area contributed by atoms with Gasteiger partial charge in [0.05, 0.1) is 5.70 Å². The number of halogens is 1. The Morgan fingerprint density at radius 3 is 2.76 bits per heavy atom.